The van der Waals surface area contributed by atoms with E-state index in [9.17, 15) is 8.78 Å². The van der Waals surface area contributed by atoms with E-state index in [1.807, 2.05) is 19.1 Å². The average Bonchev–Trinajstić information content (AvgIpc) is 2.33. The van der Waals surface area contributed by atoms with Gasteiger partial charge in [-0.1, -0.05) is 12.1 Å². The fraction of sp³-hybridized carbons (Fsp3) is 0.143. The standard InChI is InChI=1S/C14H11Br2F2N/c1-8-5-10(15)14(11(16)6-8)19-7-9-3-2-4-12(17)13(9)18/h2-6,19H,7H2,1H3. The van der Waals surface area contributed by atoms with Crippen LogP contribution in [0.25, 0.3) is 0 Å². The van der Waals surface area contributed by atoms with Gasteiger partial charge in [0.1, 0.15) is 0 Å². The van der Waals surface area contributed by atoms with E-state index in [0.29, 0.717) is 5.56 Å². The van der Waals surface area contributed by atoms with E-state index in [0.717, 1.165) is 26.3 Å². The summed E-state index contributed by atoms with van der Waals surface area (Å²) in [4.78, 5) is 0. The highest BCUT2D eigenvalue weighted by Gasteiger charge is 2.10. The summed E-state index contributed by atoms with van der Waals surface area (Å²) >= 11 is 6.89. The predicted octanol–water partition coefficient (Wildman–Crippen LogP) is 5.41. The molecule has 0 aliphatic carbocycles. The van der Waals surface area contributed by atoms with Crippen molar-refractivity contribution in [2.24, 2.45) is 0 Å². The number of nitrogens with one attached hydrogen (secondary N) is 1. The molecule has 0 bridgehead atoms. The van der Waals surface area contributed by atoms with Gasteiger partial charge in [-0.25, -0.2) is 8.78 Å². The van der Waals surface area contributed by atoms with Crippen molar-refractivity contribution in [3.8, 4) is 0 Å². The molecule has 2 aromatic carbocycles. The van der Waals surface area contributed by atoms with Crippen molar-refractivity contribution < 1.29 is 8.78 Å². The Kier molecular flexibility index (Phi) is 4.58. The number of hydrogen-bond acceptors (Lipinski definition) is 1. The van der Waals surface area contributed by atoms with Gasteiger partial charge in [-0.2, -0.15) is 0 Å². The molecule has 0 unspecified atom stereocenters. The van der Waals surface area contributed by atoms with Crippen molar-refractivity contribution >= 4 is 37.5 Å². The molecule has 19 heavy (non-hydrogen) atoms. The monoisotopic (exact) mass is 389 g/mol. The third-order valence-corrected chi connectivity index (χ3v) is 3.92. The Morgan fingerprint density at radius 1 is 1.11 bits per heavy atom. The molecule has 0 aromatic heterocycles. The lowest BCUT2D eigenvalue weighted by atomic mass is 10.2. The molecule has 0 saturated heterocycles. The van der Waals surface area contributed by atoms with Crippen LogP contribution in [-0.2, 0) is 6.54 Å². The summed E-state index contributed by atoms with van der Waals surface area (Å²) in [5, 5.41) is 3.09. The second kappa shape index (κ2) is 6.01. The number of benzene rings is 2. The summed E-state index contributed by atoms with van der Waals surface area (Å²) in [6.07, 6.45) is 0. The van der Waals surface area contributed by atoms with Crippen molar-refractivity contribution in [2.75, 3.05) is 5.32 Å². The van der Waals surface area contributed by atoms with E-state index in [1.165, 1.54) is 6.07 Å². The molecule has 1 nitrogen and oxygen atoms in total. The Morgan fingerprint density at radius 2 is 1.74 bits per heavy atom. The fourth-order valence-corrected chi connectivity index (χ4v) is 3.43. The maximum Gasteiger partial charge on any atom is 0.163 e. The SMILES string of the molecule is Cc1cc(Br)c(NCc2cccc(F)c2F)c(Br)c1. The lowest BCUT2D eigenvalue weighted by Gasteiger charge is -2.12. The molecule has 0 aliphatic heterocycles. The van der Waals surface area contributed by atoms with Gasteiger partial charge in [-0.05, 0) is 62.5 Å². The van der Waals surface area contributed by atoms with Crippen molar-refractivity contribution in [2.45, 2.75) is 13.5 Å². The molecule has 0 fully saturated rings. The van der Waals surface area contributed by atoms with Gasteiger partial charge in [-0.3, -0.25) is 0 Å². The summed E-state index contributed by atoms with van der Waals surface area (Å²) in [5.74, 6) is -1.64. The summed E-state index contributed by atoms with van der Waals surface area (Å²) in [7, 11) is 0. The molecular weight excluding hydrogens is 380 g/mol. The minimum atomic E-state index is -0.832. The molecule has 0 aliphatic rings. The quantitative estimate of drug-likeness (QED) is 0.738. The van der Waals surface area contributed by atoms with Gasteiger partial charge in [0.15, 0.2) is 11.6 Å². The molecule has 0 atom stereocenters. The average molecular weight is 391 g/mol. The molecule has 2 aromatic rings. The topological polar surface area (TPSA) is 12.0 Å². The lowest BCUT2D eigenvalue weighted by molar-refractivity contribution is 0.500. The highest BCUT2D eigenvalue weighted by molar-refractivity contribution is 9.11. The number of anilines is 1. The van der Waals surface area contributed by atoms with Crippen LogP contribution in [0.1, 0.15) is 11.1 Å². The van der Waals surface area contributed by atoms with Crippen LogP contribution in [0.4, 0.5) is 14.5 Å². The van der Waals surface area contributed by atoms with Crippen LogP contribution in [0, 0.1) is 18.6 Å². The van der Waals surface area contributed by atoms with Gasteiger partial charge in [-0.15, -0.1) is 0 Å². The van der Waals surface area contributed by atoms with Gasteiger partial charge >= 0.3 is 0 Å². The van der Waals surface area contributed by atoms with E-state index in [4.69, 9.17) is 0 Å². The van der Waals surface area contributed by atoms with Crippen LogP contribution in [-0.4, -0.2) is 0 Å². The lowest BCUT2D eigenvalue weighted by Crippen LogP contribution is -2.04. The van der Waals surface area contributed by atoms with Gasteiger partial charge in [0, 0.05) is 21.1 Å². The third kappa shape index (κ3) is 3.34. The van der Waals surface area contributed by atoms with Crippen molar-refractivity contribution in [3.05, 3.63) is 62.0 Å². The molecule has 2 rings (SSSR count). The Balaban J connectivity index is 2.22. The number of rotatable bonds is 3. The molecule has 5 heteroatoms. The van der Waals surface area contributed by atoms with Crippen molar-refractivity contribution in [3.63, 3.8) is 0 Å². The molecule has 0 spiro atoms. The zero-order valence-corrected chi connectivity index (χ0v) is 13.3. The molecular formula is C14H11Br2F2N. The van der Waals surface area contributed by atoms with Crippen molar-refractivity contribution in [1.29, 1.82) is 0 Å². The minimum Gasteiger partial charge on any atom is -0.379 e. The highest BCUT2D eigenvalue weighted by Crippen LogP contribution is 2.32. The summed E-state index contributed by atoms with van der Waals surface area (Å²) in [6, 6.07) is 8.07. The molecule has 0 amide bonds. The summed E-state index contributed by atoms with van der Waals surface area (Å²) in [6.45, 7) is 2.19. The first kappa shape index (κ1) is 14.5. The molecule has 1 N–H and O–H groups in total. The van der Waals surface area contributed by atoms with E-state index in [2.05, 4.69) is 37.2 Å². The third-order valence-electron chi connectivity index (χ3n) is 2.67. The maximum absolute atomic E-state index is 13.5. The van der Waals surface area contributed by atoms with E-state index < -0.39 is 11.6 Å². The number of halogens is 4. The van der Waals surface area contributed by atoms with Crippen molar-refractivity contribution in [1.82, 2.24) is 0 Å². The molecule has 0 radical (unpaired) electrons. The smallest absolute Gasteiger partial charge is 0.163 e. The largest absolute Gasteiger partial charge is 0.379 e. The number of aryl methyl sites for hydroxylation is 1. The molecule has 100 valence electrons. The molecule has 0 heterocycles. The second-order valence-electron chi connectivity index (χ2n) is 4.17. The summed E-state index contributed by atoms with van der Waals surface area (Å²) in [5.41, 5.74) is 2.20. The molecule has 0 saturated carbocycles. The predicted molar refractivity (Wildman–Crippen MR) is 80.3 cm³/mol. The van der Waals surface area contributed by atoms with Crippen LogP contribution in [0.2, 0.25) is 0 Å². The minimum absolute atomic E-state index is 0.212. The first-order valence-electron chi connectivity index (χ1n) is 5.61. The first-order chi connectivity index (χ1) is 8.99. The van der Waals surface area contributed by atoms with E-state index >= 15 is 0 Å². The Hall–Kier alpha value is -0.940. The van der Waals surface area contributed by atoms with Crippen LogP contribution in [0.15, 0.2) is 39.3 Å². The maximum atomic E-state index is 13.5. The second-order valence-corrected chi connectivity index (χ2v) is 5.88. The van der Waals surface area contributed by atoms with Gasteiger partial charge < -0.3 is 5.32 Å². The highest BCUT2D eigenvalue weighted by atomic mass is 79.9. The summed E-state index contributed by atoms with van der Waals surface area (Å²) < 4.78 is 28.4. The fourth-order valence-electron chi connectivity index (χ4n) is 1.74. The van der Waals surface area contributed by atoms with Gasteiger partial charge in [0.25, 0.3) is 0 Å². The zero-order valence-electron chi connectivity index (χ0n) is 10.1. The van der Waals surface area contributed by atoms with Crippen LogP contribution < -0.4 is 5.32 Å². The Labute approximate surface area is 127 Å². The van der Waals surface area contributed by atoms with E-state index in [-0.39, 0.29) is 6.54 Å². The van der Waals surface area contributed by atoms with E-state index in [1.54, 1.807) is 6.07 Å². The van der Waals surface area contributed by atoms with Crippen LogP contribution in [0.5, 0.6) is 0 Å². The Morgan fingerprint density at radius 3 is 2.37 bits per heavy atom. The van der Waals surface area contributed by atoms with Gasteiger partial charge in [0.2, 0.25) is 0 Å². The first-order valence-corrected chi connectivity index (χ1v) is 7.20. The van der Waals surface area contributed by atoms with Crippen LogP contribution in [0.3, 0.4) is 0 Å². The Bertz CT molecular complexity index is 591. The van der Waals surface area contributed by atoms with Gasteiger partial charge in [0.05, 0.1) is 5.69 Å². The van der Waals surface area contributed by atoms with Crippen LogP contribution >= 0.6 is 31.9 Å². The normalized spacial score (nSPS) is 10.6. The number of hydrogen-bond donors (Lipinski definition) is 1. The zero-order chi connectivity index (χ0) is 14.0.